The van der Waals surface area contributed by atoms with E-state index >= 15 is 0 Å². The monoisotopic (exact) mass is 493 g/mol. The first-order valence-corrected chi connectivity index (χ1v) is 9.76. The van der Waals surface area contributed by atoms with Gasteiger partial charge in [-0.1, -0.05) is 15.9 Å². The van der Waals surface area contributed by atoms with Gasteiger partial charge in [0.05, 0.1) is 12.8 Å². The number of benzene rings is 2. The van der Waals surface area contributed by atoms with E-state index in [1.165, 1.54) is 31.4 Å². The quantitative estimate of drug-likeness (QED) is 0.332. The first-order chi connectivity index (χ1) is 14.7. The summed E-state index contributed by atoms with van der Waals surface area (Å²) in [5.74, 6) is 0.991. The Balaban J connectivity index is 1.80. The molecule has 4 rings (SSSR count). The molecule has 0 saturated carbocycles. The minimum atomic E-state index is -4.76. The van der Waals surface area contributed by atoms with Crippen molar-refractivity contribution in [3.8, 4) is 39.9 Å². The summed E-state index contributed by atoms with van der Waals surface area (Å²) in [6, 6.07) is 12.7. The highest BCUT2D eigenvalue weighted by Crippen LogP contribution is 2.38. The van der Waals surface area contributed by atoms with Crippen LogP contribution < -0.4 is 9.47 Å². The molecule has 0 spiro atoms. The SMILES string of the molecule is COc1ccn(-c2ccc(Br)cc2-c2oc(C)nc2-c2ccc(OC(F)(F)F)cc2)n1. The second-order valence-electron chi connectivity index (χ2n) is 6.45. The van der Waals surface area contributed by atoms with Crippen LogP contribution in [-0.4, -0.2) is 28.2 Å². The average Bonchev–Trinajstić information content (AvgIpc) is 3.34. The van der Waals surface area contributed by atoms with Crippen molar-refractivity contribution in [3.05, 3.63) is 65.1 Å². The summed E-state index contributed by atoms with van der Waals surface area (Å²) >= 11 is 3.47. The van der Waals surface area contributed by atoms with Gasteiger partial charge in [0.15, 0.2) is 11.7 Å². The third-order valence-electron chi connectivity index (χ3n) is 4.32. The van der Waals surface area contributed by atoms with Gasteiger partial charge >= 0.3 is 6.36 Å². The summed E-state index contributed by atoms with van der Waals surface area (Å²) < 4.78 is 54.8. The Kier molecular flexibility index (Phi) is 5.48. The van der Waals surface area contributed by atoms with Crippen molar-refractivity contribution in [1.82, 2.24) is 14.8 Å². The molecule has 4 aromatic rings. The molecule has 0 atom stereocenters. The molecule has 31 heavy (non-hydrogen) atoms. The third kappa shape index (κ3) is 4.58. The van der Waals surface area contributed by atoms with Crippen molar-refractivity contribution in [1.29, 1.82) is 0 Å². The molecule has 0 fully saturated rings. The molecule has 0 unspecified atom stereocenters. The minimum Gasteiger partial charge on any atom is -0.480 e. The molecular formula is C21H15BrF3N3O3. The fourth-order valence-electron chi connectivity index (χ4n) is 3.06. The molecule has 0 radical (unpaired) electrons. The lowest BCUT2D eigenvalue weighted by atomic mass is 10.0. The minimum absolute atomic E-state index is 0.315. The summed E-state index contributed by atoms with van der Waals surface area (Å²) in [5, 5.41) is 4.36. The second-order valence-corrected chi connectivity index (χ2v) is 7.36. The number of ether oxygens (including phenoxy) is 2. The lowest BCUT2D eigenvalue weighted by Gasteiger charge is -2.11. The zero-order valence-corrected chi connectivity index (χ0v) is 17.9. The van der Waals surface area contributed by atoms with E-state index in [1.807, 2.05) is 18.2 Å². The Bertz CT molecular complexity index is 1220. The van der Waals surface area contributed by atoms with Crippen LogP contribution in [0.3, 0.4) is 0 Å². The van der Waals surface area contributed by atoms with E-state index in [9.17, 15) is 13.2 Å². The van der Waals surface area contributed by atoms with Gasteiger partial charge in [0, 0.05) is 34.8 Å². The molecular weight excluding hydrogens is 479 g/mol. The predicted molar refractivity (Wildman–Crippen MR) is 110 cm³/mol. The Hall–Kier alpha value is -3.27. The average molecular weight is 494 g/mol. The summed E-state index contributed by atoms with van der Waals surface area (Å²) in [5.41, 5.74) is 2.45. The van der Waals surface area contributed by atoms with E-state index in [0.29, 0.717) is 40.0 Å². The molecule has 0 aliphatic carbocycles. The van der Waals surface area contributed by atoms with Gasteiger partial charge in [0.25, 0.3) is 0 Å². The van der Waals surface area contributed by atoms with Crippen molar-refractivity contribution < 1.29 is 27.1 Å². The molecule has 0 saturated heterocycles. The van der Waals surface area contributed by atoms with Gasteiger partial charge in [-0.2, -0.15) is 0 Å². The topological polar surface area (TPSA) is 62.3 Å². The van der Waals surface area contributed by atoms with Crippen LogP contribution >= 0.6 is 15.9 Å². The van der Waals surface area contributed by atoms with Gasteiger partial charge in [-0.25, -0.2) is 9.67 Å². The maximum Gasteiger partial charge on any atom is 0.573 e. The first-order valence-electron chi connectivity index (χ1n) is 8.97. The van der Waals surface area contributed by atoms with Gasteiger partial charge in [-0.15, -0.1) is 18.3 Å². The Morgan fingerprint density at radius 1 is 1.06 bits per heavy atom. The fourth-order valence-corrected chi connectivity index (χ4v) is 3.42. The van der Waals surface area contributed by atoms with E-state index in [-0.39, 0.29) is 5.75 Å². The van der Waals surface area contributed by atoms with Crippen LogP contribution in [0.2, 0.25) is 0 Å². The van der Waals surface area contributed by atoms with Crippen LogP contribution in [0.4, 0.5) is 13.2 Å². The Labute approximate surface area is 183 Å². The summed E-state index contributed by atoms with van der Waals surface area (Å²) in [7, 11) is 1.53. The van der Waals surface area contributed by atoms with Crippen molar-refractivity contribution in [2.24, 2.45) is 0 Å². The molecule has 2 aromatic heterocycles. The molecule has 10 heteroatoms. The van der Waals surface area contributed by atoms with E-state index in [4.69, 9.17) is 9.15 Å². The molecule has 0 aliphatic rings. The van der Waals surface area contributed by atoms with Gasteiger partial charge in [-0.05, 0) is 42.5 Å². The highest BCUT2D eigenvalue weighted by atomic mass is 79.9. The number of hydrogen-bond acceptors (Lipinski definition) is 5. The molecule has 160 valence electrons. The van der Waals surface area contributed by atoms with Crippen LogP contribution in [-0.2, 0) is 0 Å². The molecule has 6 nitrogen and oxygen atoms in total. The Morgan fingerprint density at radius 2 is 1.81 bits per heavy atom. The van der Waals surface area contributed by atoms with Crippen LogP contribution in [0.1, 0.15) is 5.89 Å². The first kappa shape index (κ1) is 21.0. The van der Waals surface area contributed by atoms with Crippen molar-refractivity contribution >= 4 is 15.9 Å². The van der Waals surface area contributed by atoms with Crippen LogP contribution in [0.25, 0.3) is 28.3 Å². The summed E-state index contributed by atoms with van der Waals surface area (Å²) in [6.45, 7) is 1.70. The zero-order chi connectivity index (χ0) is 22.2. The second kappa shape index (κ2) is 8.10. The van der Waals surface area contributed by atoms with E-state index in [2.05, 4.69) is 30.7 Å². The van der Waals surface area contributed by atoms with Crippen molar-refractivity contribution in [2.45, 2.75) is 13.3 Å². The number of aryl methyl sites for hydroxylation is 1. The molecule has 2 heterocycles. The lowest BCUT2D eigenvalue weighted by Crippen LogP contribution is -2.16. The fraction of sp³-hybridized carbons (Fsp3) is 0.143. The lowest BCUT2D eigenvalue weighted by molar-refractivity contribution is -0.274. The van der Waals surface area contributed by atoms with Crippen LogP contribution in [0.5, 0.6) is 11.6 Å². The zero-order valence-electron chi connectivity index (χ0n) is 16.3. The maximum absolute atomic E-state index is 12.5. The van der Waals surface area contributed by atoms with Crippen molar-refractivity contribution in [3.63, 3.8) is 0 Å². The number of oxazole rings is 1. The highest BCUT2D eigenvalue weighted by molar-refractivity contribution is 9.10. The number of halogens is 4. The molecule has 0 N–H and O–H groups in total. The third-order valence-corrected chi connectivity index (χ3v) is 4.81. The Morgan fingerprint density at radius 3 is 2.45 bits per heavy atom. The molecule has 0 aliphatic heterocycles. The molecule has 0 amide bonds. The number of nitrogens with zero attached hydrogens (tertiary/aromatic N) is 3. The van der Waals surface area contributed by atoms with Gasteiger partial charge in [0.2, 0.25) is 5.88 Å². The summed E-state index contributed by atoms with van der Waals surface area (Å²) in [6.07, 6.45) is -3.01. The largest absolute Gasteiger partial charge is 0.573 e. The van der Waals surface area contributed by atoms with E-state index in [0.717, 1.165) is 4.47 Å². The normalized spacial score (nSPS) is 11.5. The number of aromatic nitrogens is 3. The molecule has 0 bridgehead atoms. The number of hydrogen-bond donors (Lipinski definition) is 0. The van der Waals surface area contributed by atoms with E-state index < -0.39 is 6.36 Å². The number of rotatable bonds is 5. The van der Waals surface area contributed by atoms with Crippen molar-refractivity contribution in [2.75, 3.05) is 7.11 Å². The highest BCUT2D eigenvalue weighted by Gasteiger charge is 2.31. The van der Waals surface area contributed by atoms with Gasteiger partial charge < -0.3 is 13.9 Å². The number of alkyl halides is 3. The number of methoxy groups -OCH3 is 1. The molecule has 2 aromatic carbocycles. The maximum atomic E-state index is 12.5. The predicted octanol–water partition coefficient (Wildman–Crippen LogP) is 6.17. The van der Waals surface area contributed by atoms with E-state index in [1.54, 1.807) is 23.9 Å². The van der Waals surface area contributed by atoms with Gasteiger partial charge in [0.1, 0.15) is 11.4 Å². The van der Waals surface area contributed by atoms with Gasteiger partial charge in [-0.3, -0.25) is 0 Å². The van der Waals surface area contributed by atoms with Crippen LogP contribution in [0, 0.1) is 6.92 Å². The summed E-state index contributed by atoms with van der Waals surface area (Å²) in [4.78, 5) is 4.45. The standard InChI is InChI=1S/C21H15BrF3N3O3/c1-12-26-19(13-3-6-15(7-4-13)31-21(23,24)25)20(30-12)16-11-14(22)5-8-17(16)28-10-9-18(27-28)29-2/h3-11H,1-2H3. The van der Waals surface area contributed by atoms with Crippen LogP contribution in [0.15, 0.2) is 63.6 Å². The smallest absolute Gasteiger partial charge is 0.480 e.